The van der Waals surface area contributed by atoms with Gasteiger partial charge in [0.25, 0.3) is 0 Å². The highest BCUT2D eigenvalue weighted by Gasteiger charge is 2.52. The zero-order chi connectivity index (χ0) is 25.9. The van der Waals surface area contributed by atoms with E-state index in [1.807, 2.05) is 0 Å². The van der Waals surface area contributed by atoms with E-state index in [1.54, 1.807) is 0 Å². The molecule has 5 rings (SSSR count). The smallest absolute Gasteiger partial charge is 0.309 e. The highest BCUT2D eigenvalue weighted by Crippen LogP contribution is 2.60. The van der Waals surface area contributed by atoms with Crippen LogP contribution in [0.4, 0.5) is 0 Å². The number of esters is 2. The Bertz CT molecular complexity index is 728. The zero-order valence-corrected chi connectivity index (χ0v) is 23.6. The average molecular weight is 477 g/mol. The van der Waals surface area contributed by atoms with Crippen molar-refractivity contribution in [2.24, 2.45) is 45.8 Å². The Morgan fingerprint density at radius 3 is 1.91 bits per heavy atom. The fraction of sp³-hybridized carbons (Fsp3) is 0.867. The molecule has 0 saturated heterocycles. The number of ether oxygens (including phenoxy) is 2. The van der Waals surface area contributed by atoms with E-state index in [0.717, 1.165) is 30.6 Å². The lowest BCUT2D eigenvalue weighted by molar-refractivity contribution is -0.162. The first-order valence-corrected chi connectivity index (χ1v) is 13.5. The van der Waals surface area contributed by atoms with Gasteiger partial charge >= 0.3 is 11.9 Å². The molecule has 2 bridgehead atoms. The summed E-state index contributed by atoms with van der Waals surface area (Å²) in [6.07, 6.45) is 10.5. The molecule has 5 saturated carbocycles. The van der Waals surface area contributed by atoms with Crippen molar-refractivity contribution in [1.29, 1.82) is 0 Å². The van der Waals surface area contributed by atoms with E-state index in [4.69, 9.17) is 4.74 Å². The third-order valence-corrected chi connectivity index (χ3v) is 10.4. The summed E-state index contributed by atoms with van der Waals surface area (Å²) in [5.74, 6) is 3.34. The maximum absolute atomic E-state index is 11.2. The lowest BCUT2D eigenvalue weighted by Gasteiger charge is -2.57. The highest BCUT2D eigenvalue weighted by molar-refractivity contribution is 5.74. The van der Waals surface area contributed by atoms with Gasteiger partial charge in [-0.25, -0.2) is 0 Å². The number of carbonyl (C=O) groups excluding carboxylic acids is 2. The summed E-state index contributed by atoms with van der Waals surface area (Å²) in [6.45, 7) is 20.0. The maximum Gasteiger partial charge on any atom is 0.309 e. The van der Waals surface area contributed by atoms with E-state index in [2.05, 4.69) is 59.8 Å². The second kappa shape index (κ2) is 11.2. The van der Waals surface area contributed by atoms with Crippen LogP contribution in [-0.2, 0) is 19.1 Å². The minimum absolute atomic E-state index is 0.0373. The van der Waals surface area contributed by atoms with Gasteiger partial charge in [-0.05, 0) is 84.9 Å². The van der Waals surface area contributed by atoms with Crippen molar-refractivity contribution in [2.75, 3.05) is 14.2 Å². The molecule has 0 heterocycles. The van der Waals surface area contributed by atoms with E-state index in [1.165, 1.54) is 58.3 Å². The number of hydrogen-bond acceptors (Lipinski definition) is 4. The van der Waals surface area contributed by atoms with Gasteiger partial charge in [0.15, 0.2) is 0 Å². The number of rotatable bonds is 5. The normalized spacial score (nSPS) is 33.2. The Balaban J connectivity index is 0.000000181. The molecule has 0 aromatic rings. The predicted molar refractivity (Wildman–Crippen MR) is 139 cm³/mol. The molecule has 0 N–H and O–H groups in total. The first-order chi connectivity index (χ1) is 15.7. The Morgan fingerprint density at radius 2 is 1.59 bits per heavy atom. The fourth-order valence-corrected chi connectivity index (χ4v) is 6.84. The van der Waals surface area contributed by atoms with Crippen molar-refractivity contribution >= 4 is 11.9 Å². The average Bonchev–Trinajstić information content (AvgIpc) is 2.78. The van der Waals surface area contributed by atoms with Gasteiger partial charge in [-0.2, -0.15) is 0 Å². The minimum Gasteiger partial charge on any atom is -0.469 e. The van der Waals surface area contributed by atoms with Crippen LogP contribution in [0.1, 0.15) is 106 Å². The van der Waals surface area contributed by atoms with Crippen LogP contribution in [0.2, 0.25) is 0 Å². The lowest BCUT2D eigenvalue weighted by Crippen LogP contribution is -2.48. The largest absolute Gasteiger partial charge is 0.469 e. The van der Waals surface area contributed by atoms with Crippen LogP contribution < -0.4 is 0 Å². The van der Waals surface area contributed by atoms with Crippen LogP contribution in [0.3, 0.4) is 0 Å². The van der Waals surface area contributed by atoms with E-state index in [0.29, 0.717) is 23.2 Å². The summed E-state index contributed by atoms with van der Waals surface area (Å²) >= 11 is 0. The van der Waals surface area contributed by atoms with E-state index < -0.39 is 0 Å². The molecule has 0 unspecified atom stereocenters. The number of methoxy groups -OCH3 is 2. The van der Waals surface area contributed by atoms with Crippen LogP contribution >= 0.6 is 0 Å². The van der Waals surface area contributed by atoms with Crippen molar-refractivity contribution in [3.8, 4) is 0 Å². The van der Waals surface area contributed by atoms with Crippen LogP contribution in [0.15, 0.2) is 12.2 Å². The second-order valence-corrected chi connectivity index (χ2v) is 13.1. The van der Waals surface area contributed by atoms with Crippen molar-refractivity contribution in [1.82, 2.24) is 0 Å². The fourth-order valence-electron chi connectivity index (χ4n) is 6.84. The number of carbonyl (C=O) groups is 2. The standard InChI is InChI=1S/2C10H18O2.C10H16/c1-10(2)7-6-8(10)4-5-9(11)12-3;1-5-7-6-8(9(11)12-4)10(7,2)3;1-7-4-5-8-6-9(7)10(8,2)3/h8H,4-7H2,1-3H3;7-8H,5-6H2,1-4H3;8-9H,1,4-6H2,2-3H3/t8-;7-,8-;8-,9-/m000/s1. The van der Waals surface area contributed by atoms with Crippen LogP contribution in [0.5, 0.6) is 0 Å². The SMILES string of the molecule is C=C1CC[C@H]2C[C@@H]1C2(C)C.CC[C@H]1C[C@@H](C(=O)OC)C1(C)C.COC(=O)CC[C@H]1CCC1(C)C. The summed E-state index contributed by atoms with van der Waals surface area (Å²) in [5.41, 5.74) is 2.75. The van der Waals surface area contributed by atoms with Crippen molar-refractivity contribution in [2.45, 2.75) is 106 Å². The monoisotopic (exact) mass is 476 g/mol. The molecule has 0 spiro atoms. The van der Waals surface area contributed by atoms with E-state index >= 15 is 0 Å². The van der Waals surface area contributed by atoms with Gasteiger partial charge in [-0.1, -0.05) is 67.0 Å². The van der Waals surface area contributed by atoms with Crippen LogP contribution in [0.25, 0.3) is 0 Å². The van der Waals surface area contributed by atoms with Crippen molar-refractivity contribution in [3.05, 3.63) is 12.2 Å². The molecule has 0 radical (unpaired) electrons. The van der Waals surface area contributed by atoms with Gasteiger partial charge < -0.3 is 9.47 Å². The predicted octanol–water partition coefficient (Wildman–Crippen LogP) is 7.61. The minimum atomic E-state index is -0.0716. The lowest BCUT2D eigenvalue weighted by atomic mass is 9.47. The highest BCUT2D eigenvalue weighted by atomic mass is 16.5. The summed E-state index contributed by atoms with van der Waals surface area (Å²) in [5, 5.41) is 0. The molecule has 196 valence electrons. The zero-order valence-electron chi connectivity index (χ0n) is 23.6. The summed E-state index contributed by atoms with van der Waals surface area (Å²) in [7, 11) is 2.92. The molecule has 0 aliphatic heterocycles. The summed E-state index contributed by atoms with van der Waals surface area (Å²) < 4.78 is 9.34. The maximum atomic E-state index is 11.2. The first kappa shape index (κ1) is 28.9. The molecular weight excluding hydrogens is 424 g/mol. The van der Waals surface area contributed by atoms with Gasteiger partial charge in [0.1, 0.15) is 0 Å². The molecule has 0 amide bonds. The molecule has 4 heteroatoms. The van der Waals surface area contributed by atoms with Gasteiger partial charge in [0, 0.05) is 6.42 Å². The molecule has 34 heavy (non-hydrogen) atoms. The summed E-state index contributed by atoms with van der Waals surface area (Å²) in [4.78, 5) is 22.1. The quantitative estimate of drug-likeness (QED) is 0.303. The second-order valence-electron chi connectivity index (χ2n) is 13.1. The molecule has 5 aliphatic rings. The van der Waals surface area contributed by atoms with E-state index in [9.17, 15) is 9.59 Å². The van der Waals surface area contributed by atoms with Crippen LogP contribution in [0, 0.1) is 45.8 Å². The summed E-state index contributed by atoms with van der Waals surface area (Å²) in [6, 6.07) is 0. The Labute approximate surface area is 209 Å². The molecule has 4 nitrogen and oxygen atoms in total. The molecule has 0 aromatic heterocycles. The molecule has 5 atom stereocenters. The van der Waals surface area contributed by atoms with Gasteiger partial charge in [-0.3, -0.25) is 9.59 Å². The van der Waals surface area contributed by atoms with Gasteiger partial charge in [-0.15, -0.1) is 0 Å². The van der Waals surface area contributed by atoms with E-state index in [-0.39, 0.29) is 23.3 Å². The molecule has 0 aromatic carbocycles. The van der Waals surface area contributed by atoms with Gasteiger partial charge in [0.05, 0.1) is 20.1 Å². The number of hydrogen-bond donors (Lipinski definition) is 0. The third-order valence-electron chi connectivity index (χ3n) is 10.4. The molecular formula is C30H52O4. The Morgan fingerprint density at radius 1 is 0.941 bits per heavy atom. The van der Waals surface area contributed by atoms with Crippen LogP contribution in [-0.4, -0.2) is 26.2 Å². The Kier molecular flexibility index (Phi) is 9.49. The topological polar surface area (TPSA) is 52.6 Å². The van der Waals surface area contributed by atoms with Gasteiger partial charge in [0.2, 0.25) is 0 Å². The Hall–Kier alpha value is -1.32. The van der Waals surface area contributed by atoms with Crippen molar-refractivity contribution in [3.63, 3.8) is 0 Å². The van der Waals surface area contributed by atoms with Crippen molar-refractivity contribution < 1.29 is 19.1 Å². The number of allylic oxidation sites excluding steroid dienone is 1. The third kappa shape index (κ3) is 6.08. The molecule has 5 aliphatic carbocycles. The number of fused-ring (bicyclic) bond motifs is 2. The first-order valence-electron chi connectivity index (χ1n) is 13.5. The molecule has 5 fully saturated rings.